The number of carbonyl (C=O) groups excluding carboxylic acids is 1. The van der Waals surface area contributed by atoms with E-state index in [-0.39, 0.29) is 11.1 Å². The SMILES string of the molecule is N=C1NC(=O)/C(=C/CCc2ccccc2)S1. The van der Waals surface area contributed by atoms with Gasteiger partial charge in [0.05, 0.1) is 4.91 Å². The molecule has 2 N–H and O–H groups in total. The van der Waals surface area contributed by atoms with E-state index in [1.807, 2.05) is 24.3 Å². The van der Waals surface area contributed by atoms with Gasteiger partial charge in [0.2, 0.25) is 0 Å². The first-order chi connectivity index (χ1) is 7.75. The minimum atomic E-state index is -0.150. The van der Waals surface area contributed by atoms with E-state index in [9.17, 15) is 4.79 Å². The summed E-state index contributed by atoms with van der Waals surface area (Å²) in [5, 5.41) is 9.97. The number of hydrogen-bond acceptors (Lipinski definition) is 3. The number of rotatable bonds is 3. The van der Waals surface area contributed by atoms with Crippen molar-refractivity contribution in [1.29, 1.82) is 5.41 Å². The zero-order chi connectivity index (χ0) is 11.4. The molecule has 0 spiro atoms. The number of carbonyl (C=O) groups is 1. The van der Waals surface area contributed by atoms with Crippen molar-refractivity contribution >= 4 is 22.8 Å². The van der Waals surface area contributed by atoms with Gasteiger partial charge in [-0.05, 0) is 30.2 Å². The lowest BCUT2D eigenvalue weighted by atomic mass is 10.1. The molecule has 0 atom stereocenters. The fourth-order valence-corrected chi connectivity index (χ4v) is 2.20. The Labute approximate surface area is 98.4 Å². The zero-order valence-electron chi connectivity index (χ0n) is 8.69. The monoisotopic (exact) mass is 232 g/mol. The average Bonchev–Trinajstić information content (AvgIpc) is 2.59. The van der Waals surface area contributed by atoms with Gasteiger partial charge in [0.25, 0.3) is 5.91 Å². The molecule has 1 aromatic rings. The van der Waals surface area contributed by atoms with Crippen molar-refractivity contribution < 1.29 is 4.79 Å². The van der Waals surface area contributed by atoms with Crippen LogP contribution >= 0.6 is 11.8 Å². The lowest BCUT2D eigenvalue weighted by molar-refractivity contribution is -0.115. The Hall–Kier alpha value is -1.55. The van der Waals surface area contributed by atoms with Gasteiger partial charge in [-0.15, -0.1) is 0 Å². The summed E-state index contributed by atoms with van der Waals surface area (Å²) in [6.07, 6.45) is 3.65. The highest BCUT2D eigenvalue weighted by molar-refractivity contribution is 8.18. The average molecular weight is 232 g/mol. The van der Waals surface area contributed by atoms with Crippen molar-refractivity contribution in [2.75, 3.05) is 0 Å². The molecule has 0 saturated carbocycles. The largest absolute Gasteiger partial charge is 0.301 e. The second kappa shape index (κ2) is 4.99. The Bertz CT molecular complexity index is 440. The lowest BCUT2D eigenvalue weighted by Crippen LogP contribution is -2.18. The van der Waals surface area contributed by atoms with Crippen molar-refractivity contribution in [1.82, 2.24) is 5.32 Å². The van der Waals surface area contributed by atoms with Crippen LogP contribution in [0.1, 0.15) is 12.0 Å². The lowest BCUT2D eigenvalue weighted by Gasteiger charge is -1.97. The number of thioether (sulfide) groups is 1. The maximum Gasteiger partial charge on any atom is 0.263 e. The Kier molecular flexibility index (Phi) is 3.41. The number of nitrogens with one attached hydrogen (secondary N) is 2. The number of allylic oxidation sites excluding steroid dienone is 1. The molecular weight excluding hydrogens is 220 g/mol. The summed E-state index contributed by atoms with van der Waals surface area (Å²) in [7, 11) is 0. The van der Waals surface area contributed by atoms with Crippen LogP contribution in [0.25, 0.3) is 0 Å². The summed E-state index contributed by atoms with van der Waals surface area (Å²) in [5.41, 5.74) is 1.26. The Morgan fingerprint density at radius 1 is 1.31 bits per heavy atom. The van der Waals surface area contributed by atoms with Crippen LogP contribution in [0.2, 0.25) is 0 Å². The molecular formula is C12H12N2OS. The molecule has 4 heteroatoms. The van der Waals surface area contributed by atoms with E-state index in [0.29, 0.717) is 4.91 Å². The Balaban J connectivity index is 1.90. The number of aryl methyl sites for hydroxylation is 1. The minimum Gasteiger partial charge on any atom is -0.301 e. The summed E-state index contributed by atoms with van der Waals surface area (Å²) in [5.74, 6) is -0.150. The first kappa shape index (κ1) is 11.0. The molecule has 1 saturated heterocycles. The molecule has 82 valence electrons. The molecule has 0 unspecified atom stereocenters. The minimum absolute atomic E-state index is 0.150. The topological polar surface area (TPSA) is 53.0 Å². The van der Waals surface area contributed by atoms with E-state index in [1.54, 1.807) is 0 Å². The van der Waals surface area contributed by atoms with Crippen molar-refractivity contribution in [2.45, 2.75) is 12.8 Å². The number of amides is 1. The fourth-order valence-electron chi connectivity index (χ4n) is 1.50. The molecule has 0 aliphatic carbocycles. The van der Waals surface area contributed by atoms with E-state index >= 15 is 0 Å². The van der Waals surface area contributed by atoms with Gasteiger partial charge in [-0.1, -0.05) is 36.4 Å². The van der Waals surface area contributed by atoms with E-state index in [1.165, 1.54) is 17.3 Å². The second-order valence-corrected chi connectivity index (χ2v) is 4.53. The third kappa shape index (κ3) is 2.73. The second-order valence-electron chi connectivity index (χ2n) is 3.48. The van der Waals surface area contributed by atoms with Crippen LogP contribution in [0.5, 0.6) is 0 Å². The summed E-state index contributed by atoms with van der Waals surface area (Å²) >= 11 is 1.19. The maximum absolute atomic E-state index is 11.3. The third-order valence-corrected chi connectivity index (χ3v) is 3.15. The summed E-state index contributed by atoms with van der Waals surface area (Å²) in [6, 6.07) is 10.2. The van der Waals surface area contributed by atoms with Crippen LogP contribution in [0, 0.1) is 5.41 Å². The fraction of sp³-hybridized carbons (Fsp3) is 0.167. The quantitative estimate of drug-likeness (QED) is 0.786. The van der Waals surface area contributed by atoms with Crippen molar-refractivity contribution in [3.8, 4) is 0 Å². The van der Waals surface area contributed by atoms with Crippen LogP contribution in [-0.2, 0) is 11.2 Å². The molecule has 1 aromatic carbocycles. The maximum atomic E-state index is 11.3. The number of benzene rings is 1. The Morgan fingerprint density at radius 2 is 2.06 bits per heavy atom. The first-order valence-electron chi connectivity index (χ1n) is 5.07. The molecule has 1 amide bonds. The molecule has 1 fully saturated rings. The predicted octanol–water partition coefficient (Wildman–Crippen LogP) is 2.30. The smallest absolute Gasteiger partial charge is 0.263 e. The van der Waals surface area contributed by atoms with E-state index < -0.39 is 0 Å². The molecule has 0 aromatic heterocycles. The van der Waals surface area contributed by atoms with E-state index in [0.717, 1.165) is 12.8 Å². The predicted molar refractivity (Wildman–Crippen MR) is 66.3 cm³/mol. The van der Waals surface area contributed by atoms with Gasteiger partial charge < -0.3 is 5.32 Å². The van der Waals surface area contributed by atoms with Gasteiger partial charge >= 0.3 is 0 Å². The molecule has 3 nitrogen and oxygen atoms in total. The van der Waals surface area contributed by atoms with Gasteiger partial charge in [-0.2, -0.15) is 0 Å². The van der Waals surface area contributed by atoms with Gasteiger partial charge in [0.15, 0.2) is 5.17 Å². The summed E-state index contributed by atoms with van der Waals surface area (Å²) < 4.78 is 0. The van der Waals surface area contributed by atoms with Crippen molar-refractivity contribution in [3.63, 3.8) is 0 Å². The number of hydrogen-bond donors (Lipinski definition) is 2. The van der Waals surface area contributed by atoms with Gasteiger partial charge in [0, 0.05) is 0 Å². The van der Waals surface area contributed by atoms with Gasteiger partial charge in [0.1, 0.15) is 0 Å². The molecule has 1 aliphatic rings. The first-order valence-corrected chi connectivity index (χ1v) is 5.89. The normalized spacial score (nSPS) is 17.9. The summed E-state index contributed by atoms with van der Waals surface area (Å²) in [4.78, 5) is 11.9. The zero-order valence-corrected chi connectivity index (χ0v) is 9.51. The van der Waals surface area contributed by atoms with E-state index in [4.69, 9.17) is 5.41 Å². The highest BCUT2D eigenvalue weighted by Crippen LogP contribution is 2.22. The van der Waals surface area contributed by atoms with Gasteiger partial charge in [-0.3, -0.25) is 10.2 Å². The standard InChI is InChI=1S/C12H12N2OS/c13-12-14-11(15)10(16-12)8-4-7-9-5-2-1-3-6-9/h1-3,5-6,8H,4,7H2,(H2,13,14,15)/b10-8-. The van der Waals surface area contributed by atoms with Crippen LogP contribution < -0.4 is 5.32 Å². The van der Waals surface area contributed by atoms with Crippen LogP contribution in [0.15, 0.2) is 41.3 Å². The van der Waals surface area contributed by atoms with Crippen molar-refractivity contribution in [2.24, 2.45) is 0 Å². The molecule has 2 rings (SSSR count). The van der Waals surface area contributed by atoms with Gasteiger partial charge in [-0.25, -0.2) is 0 Å². The third-order valence-electron chi connectivity index (χ3n) is 2.27. The van der Waals surface area contributed by atoms with Crippen LogP contribution in [0.3, 0.4) is 0 Å². The Morgan fingerprint density at radius 3 is 2.69 bits per heavy atom. The van der Waals surface area contributed by atoms with E-state index in [2.05, 4.69) is 17.4 Å². The van der Waals surface area contributed by atoms with Crippen LogP contribution in [0.4, 0.5) is 0 Å². The molecule has 0 radical (unpaired) electrons. The molecule has 16 heavy (non-hydrogen) atoms. The van der Waals surface area contributed by atoms with Crippen molar-refractivity contribution in [3.05, 3.63) is 46.9 Å². The molecule has 1 heterocycles. The number of amidine groups is 1. The molecule has 1 aliphatic heterocycles. The highest BCUT2D eigenvalue weighted by Gasteiger charge is 2.21. The van der Waals surface area contributed by atoms with Crippen LogP contribution in [-0.4, -0.2) is 11.1 Å². The highest BCUT2D eigenvalue weighted by atomic mass is 32.2. The summed E-state index contributed by atoms with van der Waals surface area (Å²) in [6.45, 7) is 0. The molecule has 0 bridgehead atoms.